The van der Waals surface area contributed by atoms with Gasteiger partial charge in [0.05, 0.1) is 25.4 Å². The first-order chi connectivity index (χ1) is 46.0. The molecule has 0 saturated heterocycles. The number of unbranched alkanes of at least 4 members (excludes halogenated alkanes) is 70. The van der Waals surface area contributed by atoms with Crippen LogP contribution in [-0.4, -0.2) is 47.4 Å². The Morgan fingerprint density at radius 3 is 0.763 bits per heavy atom. The fraction of sp³-hybridized carbons (Fsp3) is 0.954. The summed E-state index contributed by atoms with van der Waals surface area (Å²) in [6.45, 7) is 5.02. The Labute approximate surface area is 584 Å². The molecule has 554 valence electrons. The minimum atomic E-state index is -0.662. The first-order valence-electron chi connectivity index (χ1n) is 43.4. The van der Waals surface area contributed by atoms with E-state index in [1.54, 1.807) is 0 Å². The number of aliphatic hydroxyl groups excluding tert-OH is 2. The Morgan fingerprint density at radius 2 is 0.505 bits per heavy atom. The van der Waals surface area contributed by atoms with E-state index in [0.717, 1.165) is 38.5 Å². The zero-order chi connectivity index (χ0) is 67.0. The summed E-state index contributed by atoms with van der Waals surface area (Å²) in [4.78, 5) is 24.7. The highest BCUT2D eigenvalue weighted by Crippen LogP contribution is 2.21. The molecule has 2 unspecified atom stereocenters. The Morgan fingerprint density at radius 1 is 0.290 bits per heavy atom. The lowest BCUT2D eigenvalue weighted by Crippen LogP contribution is -2.45. The lowest BCUT2D eigenvalue weighted by atomic mass is 10.0. The van der Waals surface area contributed by atoms with Crippen LogP contribution in [-0.2, 0) is 14.3 Å². The second-order valence-corrected chi connectivity index (χ2v) is 30.2. The molecule has 6 heteroatoms. The number of hydrogen-bond donors (Lipinski definition) is 3. The third-order valence-corrected chi connectivity index (χ3v) is 20.8. The maximum absolute atomic E-state index is 12.6. The molecule has 0 rings (SSSR count). The molecule has 93 heavy (non-hydrogen) atoms. The van der Waals surface area contributed by atoms with Gasteiger partial charge in [0.2, 0.25) is 5.91 Å². The van der Waals surface area contributed by atoms with Crippen LogP contribution in [0.3, 0.4) is 0 Å². The highest BCUT2D eigenvalue weighted by molar-refractivity contribution is 5.76. The minimum Gasteiger partial charge on any atom is -0.466 e. The summed E-state index contributed by atoms with van der Waals surface area (Å²) < 4.78 is 5.52. The fourth-order valence-corrected chi connectivity index (χ4v) is 14.2. The summed E-state index contributed by atoms with van der Waals surface area (Å²) in [6.07, 6.45) is 106. The van der Waals surface area contributed by atoms with Crippen molar-refractivity contribution < 1.29 is 24.5 Å². The van der Waals surface area contributed by atoms with Gasteiger partial charge in [0.25, 0.3) is 0 Å². The number of aliphatic hydroxyl groups is 2. The van der Waals surface area contributed by atoms with E-state index in [1.807, 2.05) is 0 Å². The quantitative estimate of drug-likeness (QED) is 0.0320. The van der Waals surface area contributed by atoms with Crippen LogP contribution in [0.4, 0.5) is 0 Å². The van der Waals surface area contributed by atoms with Crippen molar-refractivity contribution in [2.75, 3.05) is 13.2 Å². The number of rotatable bonds is 83. The zero-order valence-electron chi connectivity index (χ0n) is 63.8. The van der Waals surface area contributed by atoms with Gasteiger partial charge in [-0.15, -0.1) is 0 Å². The molecule has 3 N–H and O–H groups in total. The van der Waals surface area contributed by atoms with Gasteiger partial charge < -0.3 is 20.3 Å². The van der Waals surface area contributed by atoms with Gasteiger partial charge in [-0.2, -0.15) is 0 Å². The number of carbonyl (C=O) groups excluding carboxylic acids is 2. The Kier molecular flexibility index (Phi) is 81.8. The third kappa shape index (κ3) is 79.5. The van der Waals surface area contributed by atoms with E-state index in [-0.39, 0.29) is 18.5 Å². The molecule has 0 aromatic carbocycles. The summed E-state index contributed by atoms with van der Waals surface area (Å²) in [5.74, 6) is -0.00293. The van der Waals surface area contributed by atoms with Crippen molar-refractivity contribution in [2.24, 2.45) is 0 Å². The zero-order valence-corrected chi connectivity index (χ0v) is 63.8. The number of nitrogens with one attached hydrogen (secondary N) is 1. The SMILES string of the molecule is CCCCCCCCC/C=C\CCCCCCCCCC(=O)OCCCCCCCCCCCCCCCCCCCCCCCCCCCCCCCCCCCC(=O)NC(CO)C(O)CCCCCCCCCCCCCCCCCCCCCCCCCCC. The van der Waals surface area contributed by atoms with Crippen molar-refractivity contribution >= 4 is 11.9 Å². The van der Waals surface area contributed by atoms with E-state index in [0.29, 0.717) is 25.9 Å². The predicted octanol–water partition coefficient (Wildman–Crippen LogP) is 29.0. The monoisotopic (exact) mass is 1310 g/mol. The number of allylic oxidation sites excluding steroid dienone is 2. The average Bonchev–Trinajstić information content (AvgIpc) is 3.78. The first kappa shape index (κ1) is 91.6. The molecule has 0 aromatic rings. The van der Waals surface area contributed by atoms with Crippen LogP contribution in [0.15, 0.2) is 12.2 Å². The molecular formula is C87H171NO5. The van der Waals surface area contributed by atoms with Crippen LogP contribution in [0.25, 0.3) is 0 Å². The van der Waals surface area contributed by atoms with Crippen molar-refractivity contribution in [3.05, 3.63) is 12.2 Å². The molecule has 0 aliphatic carbocycles. The lowest BCUT2D eigenvalue weighted by Gasteiger charge is -2.22. The summed E-state index contributed by atoms with van der Waals surface area (Å²) in [5.41, 5.74) is 0. The van der Waals surface area contributed by atoms with Gasteiger partial charge in [-0.3, -0.25) is 9.59 Å². The molecule has 2 atom stereocenters. The van der Waals surface area contributed by atoms with Crippen LogP contribution >= 0.6 is 0 Å². The van der Waals surface area contributed by atoms with Crippen molar-refractivity contribution in [3.63, 3.8) is 0 Å². The van der Waals surface area contributed by atoms with Crippen molar-refractivity contribution in [1.29, 1.82) is 0 Å². The molecule has 1 amide bonds. The van der Waals surface area contributed by atoms with E-state index >= 15 is 0 Å². The van der Waals surface area contributed by atoms with Gasteiger partial charge in [-0.1, -0.05) is 456 Å². The van der Waals surface area contributed by atoms with Gasteiger partial charge >= 0.3 is 5.97 Å². The lowest BCUT2D eigenvalue weighted by molar-refractivity contribution is -0.143. The molecule has 0 heterocycles. The van der Waals surface area contributed by atoms with E-state index in [9.17, 15) is 19.8 Å². The molecule has 6 nitrogen and oxygen atoms in total. The standard InChI is InChI=1S/C87H171NO5/c1-3-5-7-9-11-13-15-17-19-21-23-24-25-35-38-41-44-47-51-55-59-63-67-71-75-79-85(90)84(83-89)88-86(91)80-76-72-68-64-60-56-52-48-45-42-39-36-33-31-29-27-26-28-30-32-34-37-40-43-46-50-54-58-62-66-70-74-78-82-93-87(92)81-77-73-69-65-61-57-53-49-22-20-18-16-14-12-10-8-6-4-2/h20,22,84-85,89-90H,3-19,21,23-83H2,1-2H3,(H,88,91)/b22-20-. The van der Waals surface area contributed by atoms with Crippen molar-refractivity contribution in [2.45, 2.75) is 520 Å². The highest BCUT2D eigenvalue weighted by atomic mass is 16.5. The molecule has 0 aliphatic rings. The van der Waals surface area contributed by atoms with Crippen LogP contribution in [0.2, 0.25) is 0 Å². The summed E-state index contributed by atoms with van der Waals surface area (Å²) in [6, 6.07) is -0.539. The Bertz CT molecular complexity index is 1420. The van der Waals surface area contributed by atoms with Gasteiger partial charge in [0.1, 0.15) is 0 Å². The third-order valence-electron chi connectivity index (χ3n) is 20.8. The largest absolute Gasteiger partial charge is 0.466 e. The summed E-state index contributed by atoms with van der Waals surface area (Å²) in [5, 5.41) is 23.5. The van der Waals surface area contributed by atoms with Crippen LogP contribution in [0.1, 0.15) is 508 Å². The number of amides is 1. The minimum absolute atomic E-state index is 0.0204. The second-order valence-electron chi connectivity index (χ2n) is 30.2. The van der Waals surface area contributed by atoms with Gasteiger partial charge in [-0.05, 0) is 51.4 Å². The maximum atomic E-state index is 12.6. The predicted molar refractivity (Wildman–Crippen MR) is 412 cm³/mol. The molecule has 0 aromatic heterocycles. The second kappa shape index (κ2) is 83.0. The summed E-state index contributed by atoms with van der Waals surface area (Å²) in [7, 11) is 0. The fourth-order valence-electron chi connectivity index (χ4n) is 14.2. The van der Waals surface area contributed by atoms with Crippen LogP contribution in [0, 0.1) is 0 Å². The van der Waals surface area contributed by atoms with Gasteiger partial charge in [-0.25, -0.2) is 0 Å². The molecule has 0 saturated carbocycles. The van der Waals surface area contributed by atoms with Gasteiger partial charge in [0.15, 0.2) is 0 Å². The van der Waals surface area contributed by atoms with E-state index in [1.165, 1.54) is 437 Å². The van der Waals surface area contributed by atoms with Gasteiger partial charge in [0, 0.05) is 12.8 Å². The van der Waals surface area contributed by atoms with E-state index < -0.39 is 12.1 Å². The number of ether oxygens (including phenoxy) is 1. The molecular weight excluding hydrogens is 1140 g/mol. The topological polar surface area (TPSA) is 95.9 Å². The maximum Gasteiger partial charge on any atom is 0.305 e. The molecule has 0 spiro atoms. The summed E-state index contributed by atoms with van der Waals surface area (Å²) >= 11 is 0. The number of hydrogen-bond acceptors (Lipinski definition) is 5. The number of esters is 1. The van der Waals surface area contributed by atoms with Crippen molar-refractivity contribution in [3.8, 4) is 0 Å². The van der Waals surface area contributed by atoms with E-state index in [2.05, 4.69) is 31.3 Å². The highest BCUT2D eigenvalue weighted by Gasteiger charge is 2.20. The molecule has 0 aliphatic heterocycles. The normalized spacial score (nSPS) is 12.4. The molecule has 0 radical (unpaired) electrons. The van der Waals surface area contributed by atoms with Crippen molar-refractivity contribution in [1.82, 2.24) is 5.32 Å². The van der Waals surface area contributed by atoms with Crippen LogP contribution < -0.4 is 5.32 Å². The Balaban J connectivity index is 3.31. The smallest absolute Gasteiger partial charge is 0.305 e. The molecule has 0 bridgehead atoms. The molecule has 0 fully saturated rings. The van der Waals surface area contributed by atoms with E-state index in [4.69, 9.17) is 4.74 Å². The Hall–Kier alpha value is -1.40. The number of carbonyl (C=O) groups is 2. The average molecular weight is 1310 g/mol. The van der Waals surface area contributed by atoms with Crippen LogP contribution in [0.5, 0.6) is 0 Å². The first-order valence-corrected chi connectivity index (χ1v) is 43.4.